The molecule has 2 heterocycles. The fourth-order valence-electron chi connectivity index (χ4n) is 4.64. The summed E-state index contributed by atoms with van der Waals surface area (Å²) < 4.78 is 29.5. The molecule has 30 heavy (non-hydrogen) atoms. The summed E-state index contributed by atoms with van der Waals surface area (Å²) in [4.78, 5) is 17.3. The molecule has 1 aliphatic heterocycles. The monoisotopic (exact) mass is 432 g/mol. The zero-order valence-electron chi connectivity index (χ0n) is 17.8. The molecule has 164 valence electrons. The van der Waals surface area contributed by atoms with Crippen LogP contribution in [0.3, 0.4) is 0 Å². The molecule has 1 aromatic carbocycles. The number of amides is 1. The summed E-state index contributed by atoms with van der Waals surface area (Å²) in [7, 11) is -1.56. The summed E-state index contributed by atoms with van der Waals surface area (Å²) in [6.45, 7) is 1.17. The van der Waals surface area contributed by atoms with E-state index in [9.17, 15) is 13.2 Å². The smallest absolute Gasteiger partial charge is 0.243 e. The van der Waals surface area contributed by atoms with E-state index in [-0.39, 0.29) is 5.91 Å². The lowest BCUT2D eigenvalue weighted by molar-refractivity contribution is -0.122. The Kier molecular flexibility index (Phi) is 6.43. The lowest BCUT2D eigenvalue weighted by Gasteiger charge is -2.25. The lowest BCUT2D eigenvalue weighted by Crippen LogP contribution is -2.36. The maximum Gasteiger partial charge on any atom is 0.243 e. The fourth-order valence-corrected chi connectivity index (χ4v) is 6.18. The highest BCUT2D eigenvalue weighted by molar-refractivity contribution is 7.89. The molecule has 0 unspecified atom stereocenters. The topological polar surface area (TPSA) is 84.3 Å². The van der Waals surface area contributed by atoms with E-state index in [0.29, 0.717) is 42.4 Å². The molecule has 2 aromatic rings. The molecule has 4 rings (SSSR count). The Morgan fingerprint density at radius 2 is 1.80 bits per heavy atom. The summed E-state index contributed by atoms with van der Waals surface area (Å²) in [5.74, 6) is 0.874. The van der Waals surface area contributed by atoms with Gasteiger partial charge in [0, 0.05) is 39.0 Å². The first kappa shape index (κ1) is 21.3. The molecule has 1 aliphatic carbocycles. The van der Waals surface area contributed by atoms with Crippen molar-refractivity contribution in [2.24, 2.45) is 7.05 Å². The minimum absolute atomic E-state index is 0.0716. The average Bonchev–Trinajstić information content (AvgIpc) is 3.08. The van der Waals surface area contributed by atoms with E-state index in [1.807, 2.05) is 17.7 Å². The van der Waals surface area contributed by atoms with E-state index in [1.165, 1.54) is 19.3 Å². The van der Waals surface area contributed by atoms with E-state index in [0.717, 1.165) is 43.4 Å². The Hall–Kier alpha value is -1.93. The van der Waals surface area contributed by atoms with Gasteiger partial charge in [0.2, 0.25) is 15.9 Å². The van der Waals surface area contributed by atoms with Gasteiger partial charge in [0.25, 0.3) is 0 Å². The number of benzene rings is 1. The van der Waals surface area contributed by atoms with Gasteiger partial charge in [-0.1, -0.05) is 25.7 Å². The number of fused-ring (bicyclic) bond motifs is 1. The van der Waals surface area contributed by atoms with Crippen molar-refractivity contribution in [1.82, 2.24) is 19.2 Å². The Morgan fingerprint density at radius 1 is 1.10 bits per heavy atom. The largest absolute Gasteiger partial charge is 0.353 e. The van der Waals surface area contributed by atoms with Crippen molar-refractivity contribution in [1.29, 1.82) is 0 Å². The highest BCUT2D eigenvalue weighted by Crippen LogP contribution is 2.25. The number of nitrogens with zero attached hydrogens (tertiary/aromatic N) is 3. The molecule has 2 fully saturated rings. The average molecular weight is 433 g/mol. The number of hydrogen-bond acceptors (Lipinski definition) is 4. The minimum atomic E-state index is -3.48. The Balaban J connectivity index is 1.46. The second-order valence-corrected chi connectivity index (χ2v) is 10.5. The highest BCUT2D eigenvalue weighted by Gasteiger charge is 2.26. The molecular formula is C22H32N4O3S. The maximum atomic E-state index is 13.0. The summed E-state index contributed by atoms with van der Waals surface area (Å²) in [5.41, 5.74) is 1.55. The number of rotatable bonds is 6. The second kappa shape index (κ2) is 9.06. The number of hydrogen-bond donors (Lipinski definition) is 1. The van der Waals surface area contributed by atoms with Crippen molar-refractivity contribution in [3.05, 3.63) is 24.0 Å². The second-order valence-electron chi connectivity index (χ2n) is 8.60. The van der Waals surface area contributed by atoms with Gasteiger partial charge in [-0.3, -0.25) is 4.79 Å². The van der Waals surface area contributed by atoms with Crippen LogP contribution in [0.5, 0.6) is 0 Å². The Bertz CT molecular complexity index is 1000. The van der Waals surface area contributed by atoms with Gasteiger partial charge in [-0.15, -0.1) is 0 Å². The molecule has 0 radical (unpaired) electrons. The van der Waals surface area contributed by atoms with E-state index < -0.39 is 10.0 Å². The number of aromatic nitrogens is 2. The van der Waals surface area contributed by atoms with Crippen LogP contribution in [0.25, 0.3) is 11.0 Å². The van der Waals surface area contributed by atoms with Gasteiger partial charge in [0.15, 0.2) is 0 Å². The van der Waals surface area contributed by atoms with E-state index in [4.69, 9.17) is 0 Å². The molecule has 2 aliphatic rings. The van der Waals surface area contributed by atoms with Crippen LogP contribution >= 0.6 is 0 Å². The van der Waals surface area contributed by atoms with Crippen LogP contribution < -0.4 is 5.32 Å². The number of carbonyl (C=O) groups is 1. The molecule has 1 N–H and O–H groups in total. The Labute approximate surface area is 178 Å². The van der Waals surface area contributed by atoms with Gasteiger partial charge in [0.05, 0.1) is 15.9 Å². The predicted octanol–water partition coefficient (Wildman–Crippen LogP) is 3.13. The van der Waals surface area contributed by atoms with Crippen LogP contribution in [0.15, 0.2) is 23.1 Å². The molecule has 0 bridgehead atoms. The van der Waals surface area contributed by atoms with Crippen molar-refractivity contribution in [2.75, 3.05) is 13.1 Å². The highest BCUT2D eigenvalue weighted by atomic mass is 32.2. The standard InChI is InChI=1S/C22H32N4O3S/c1-25-20-11-10-18(30(28,29)26-14-6-3-7-15-26)16-19(20)24-21(25)12-13-22(27)23-17-8-4-2-5-9-17/h10-11,16-17H,2-9,12-15H2,1H3,(H,23,27). The van der Waals surface area contributed by atoms with Crippen molar-refractivity contribution < 1.29 is 13.2 Å². The van der Waals surface area contributed by atoms with Crippen LogP contribution in [-0.4, -0.2) is 47.3 Å². The third-order valence-electron chi connectivity index (χ3n) is 6.44. The number of imidazole rings is 1. The predicted molar refractivity (Wildman–Crippen MR) is 117 cm³/mol. The molecule has 1 aromatic heterocycles. The molecule has 1 saturated heterocycles. The van der Waals surface area contributed by atoms with Crippen LogP contribution in [-0.2, 0) is 28.3 Å². The number of aryl methyl sites for hydroxylation is 2. The first-order chi connectivity index (χ1) is 14.4. The third-order valence-corrected chi connectivity index (χ3v) is 8.34. The van der Waals surface area contributed by atoms with Gasteiger partial charge in [-0.25, -0.2) is 13.4 Å². The van der Waals surface area contributed by atoms with Crippen molar-refractivity contribution in [2.45, 2.75) is 75.1 Å². The van der Waals surface area contributed by atoms with Crippen molar-refractivity contribution in [3.8, 4) is 0 Å². The number of sulfonamides is 1. The SMILES string of the molecule is Cn1c(CCC(=O)NC2CCCCC2)nc2cc(S(=O)(=O)N3CCCCC3)ccc21. The molecule has 1 saturated carbocycles. The number of carbonyl (C=O) groups excluding carboxylic acids is 1. The number of piperidine rings is 1. The maximum absolute atomic E-state index is 13.0. The molecule has 1 amide bonds. The summed E-state index contributed by atoms with van der Waals surface area (Å²) in [6.07, 6.45) is 9.65. The summed E-state index contributed by atoms with van der Waals surface area (Å²) in [5, 5.41) is 3.15. The van der Waals surface area contributed by atoms with Crippen molar-refractivity contribution >= 4 is 27.0 Å². The quantitative estimate of drug-likeness (QED) is 0.760. The zero-order chi connectivity index (χ0) is 21.1. The van der Waals surface area contributed by atoms with Crippen LogP contribution in [0.2, 0.25) is 0 Å². The van der Waals surface area contributed by atoms with E-state index in [1.54, 1.807) is 16.4 Å². The normalized spacial score (nSPS) is 19.2. The van der Waals surface area contributed by atoms with Gasteiger partial charge < -0.3 is 9.88 Å². The summed E-state index contributed by atoms with van der Waals surface area (Å²) >= 11 is 0. The molecule has 0 atom stereocenters. The first-order valence-electron chi connectivity index (χ1n) is 11.2. The van der Waals surface area contributed by atoms with Crippen LogP contribution in [0, 0.1) is 0 Å². The van der Waals surface area contributed by atoms with Crippen molar-refractivity contribution in [3.63, 3.8) is 0 Å². The number of nitrogens with one attached hydrogen (secondary N) is 1. The van der Waals surface area contributed by atoms with E-state index in [2.05, 4.69) is 10.3 Å². The fraction of sp³-hybridized carbons (Fsp3) is 0.636. The van der Waals surface area contributed by atoms with E-state index >= 15 is 0 Å². The zero-order valence-corrected chi connectivity index (χ0v) is 18.6. The molecule has 0 spiro atoms. The molecule has 8 heteroatoms. The van der Waals surface area contributed by atoms with Gasteiger partial charge in [-0.05, 0) is 43.9 Å². The van der Waals surface area contributed by atoms with Gasteiger partial charge in [-0.2, -0.15) is 4.31 Å². The Morgan fingerprint density at radius 3 is 2.53 bits per heavy atom. The van der Waals surface area contributed by atoms with Gasteiger partial charge >= 0.3 is 0 Å². The summed E-state index contributed by atoms with van der Waals surface area (Å²) in [6, 6.07) is 5.48. The van der Waals surface area contributed by atoms with Crippen LogP contribution in [0.4, 0.5) is 0 Å². The molecular weight excluding hydrogens is 400 g/mol. The van der Waals surface area contributed by atoms with Crippen LogP contribution in [0.1, 0.15) is 63.6 Å². The van der Waals surface area contributed by atoms with Gasteiger partial charge in [0.1, 0.15) is 5.82 Å². The molecule has 7 nitrogen and oxygen atoms in total. The third kappa shape index (κ3) is 4.54. The first-order valence-corrected chi connectivity index (χ1v) is 12.6. The lowest BCUT2D eigenvalue weighted by atomic mass is 9.95. The minimum Gasteiger partial charge on any atom is -0.353 e.